The number of aliphatic hydroxyl groups is 1. The van der Waals surface area contributed by atoms with Gasteiger partial charge >= 0.3 is 0 Å². The van der Waals surface area contributed by atoms with Crippen molar-refractivity contribution in [3.8, 4) is 0 Å². The quantitative estimate of drug-likeness (QED) is 0.677. The topological polar surface area (TPSA) is 54.4 Å². The van der Waals surface area contributed by atoms with Gasteiger partial charge in [-0.2, -0.15) is 0 Å². The van der Waals surface area contributed by atoms with E-state index in [0.29, 0.717) is 13.2 Å². The summed E-state index contributed by atoms with van der Waals surface area (Å²) >= 11 is 0. The lowest BCUT2D eigenvalue weighted by Crippen LogP contribution is -2.20. The number of nitrogens with zero attached hydrogens (tertiary/aromatic N) is 1. The number of aliphatic hydroxyl groups excluding tert-OH is 1. The molecule has 0 aliphatic carbocycles. The molecule has 5 heteroatoms. The molecule has 1 aromatic rings. The number of halogens is 1. The van der Waals surface area contributed by atoms with Crippen LogP contribution in [0, 0.1) is 0 Å². The average Bonchev–Trinajstić information content (AvgIpc) is 2.25. The first-order valence-corrected chi connectivity index (χ1v) is 4.72. The molecule has 0 aromatic carbocycles. The van der Waals surface area contributed by atoms with Crippen molar-refractivity contribution in [2.75, 3.05) is 26.4 Å². The largest absolute Gasteiger partial charge is 0.394 e. The maximum Gasteiger partial charge on any atom is 0.0698 e. The molecule has 0 radical (unpaired) electrons. The van der Waals surface area contributed by atoms with Crippen molar-refractivity contribution in [2.24, 2.45) is 0 Å². The predicted molar refractivity (Wildman–Crippen MR) is 61.1 cm³/mol. The van der Waals surface area contributed by atoms with Crippen LogP contribution in [-0.4, -0.2) is 36.5 Å². The zero-order chi connectivity index (χ0) is 10.1. The SMILES string of the molecule is Cl.OCCOCCNCc1ccccn1. The first kappa shape index (κ1) is 14.3. The minimum atomic E-state index is 0. The summed E-state index contributed by atoms with van der Waals surface area (Å²) < 4.78 is 5.09. The van der Waals surface area contributed by atoms with Crippen molar-refractivity contribution in [3.63, 3.8) is 0 Å². The molecule has 0 bridgehead atoms. The van der Waals surface area contributed by atoms with Gasteiger partial charge in [0.2, 0.25) is 0 Å². The fourth-order valence-electron chi connectivity index (χ4n) is 1.03. The first-order chi connectivity index (χ1) is 6.93. The van der Waals surface area contributed by atoms with Crippen LogP contribution in [0.4, 0.5) is 0 Å². The van der Waals surface area contributed by atoms with Crippen LogP contribution in [0.3, 0.4) is 0 Å². The highest BCUT2D eigenvalue weighted by molar-refractivity contribution is 5.85. The van der Waals surface area contributed by atoms with Gasteiger partial charge in [-0.3, -0.25) is 4.98 Å². The summed E-state index contributed by atoms with van der Waals surface area (Å²) in [4.78, 5) is 4.17. The molecule has 0 atom stereocenters. The number of pyridine rings is 1. The van der Waals surface area contributed by atoms with E-state index in [-0.39, 0.29) is 19.0 Å². The Labute approximate surface area is 96.1 Å². The molecule has 2 N–H and O–H groups in total. The van der Waals surface area contributed by atoms with E-state index in [2.05, 4.69) is 10.3 Å². The van der Waals surface area contributed by atoms with E-state index >= 15 is 0 Å². The van der Waals surface area contributed by atoms with E-state index in [0.717, 1.165) is 18.8 Å². The molecule has 0 saturated carbocycles. The maximum atomic E-state index is 8.45. The van der Waals surface area contributed by atoms with Gasteiger partial charge in [0, 0.05) is 19.3 Å². The molecule has 0 unspecified atom stereocenters. The summed E-state index contributed by atoms with van der Waals surface area (Å²) in [6.45, 7) is 2.64. The van der Waals surface area contributed by atoms with Crippen molar-refractivity contribution in [2.45, 2.75) is 6.54 Å². The Morgan fingerprint density at radius 3 is 2.87 bits per heavy atom. The van der Waals surface area contributed by atoms with Crippen LogP contribution in [0.1, 0.15) is 5.69 Å². The van der Waals surface area contributed by atoms with Gasteiger partial charge in [0.25, 0.3) is 0 Å². The lowest BCUT2D eigenvalue weighted by atomic mass is 10.3. The van der Waals surface area contributed by atoms with Crippen LogP contribution >= 0.6 is 12.4 Å². The zero-order valence-electron chi connectivity index (χ0n) is 8.56. The van der Waals surface area contributed by atoms with Gasteiger partial charge in [0.15, 0.2) is 0 Å². The molecule has 4 nitrogen and oxygen atoms in total. The van der Waals surface area contributed by atoms with Gasteiger partial charge < -0.3 is 15.2 Å². The van der Waals surface area contributed by atoms with Gasteiger partial charge in [-0.15, -0.1) is 12.4 Å². The number of aromatic nitrogens is 1. The summed E-state index contributed by atoms with van der Waals surface area (Å²) in [6, 6.07) is 5.84. The smallest absolute Gasteiger partial charge is 0.0698 e. The summed E-state index contributed by atoms with van der Waals surface area (Å²) in [6.07, 6.45) is 1.78. The van der Waals surface area contributed by atoms with Crippen LogP contribution in [0.15, 0.2) is 24.4 Å². The lowest BCUT2D eigenvalue weighted by molar-refractivity contribution is 0.0937. The van der Waals surface area contributed by atoms with E-state index in [1.165, 1.54) is 0 Å². The van der Waals surface area contributed by atoms with Crippen LogP contribution in [0.5, 0.6) is 0 Å². The number of rotatable bonds is 7. The molecule has 0 fully saturated rings. The molecule has 86 valence electrons. The van der Waals surface area contributed by atoms with Crippen molar-refractivity contribution in [1.29, 1.82) is 0 Å². The molecule has 15 heavy (non-hydrogen) atoms. The Morgan fingerprint density at radius 1 is 1.33 bits per heavy atom. The monoisotopic (exact) mass is 232 g/mol. The predicted octanol–water partition coefficient (Wildman–Crippen LogP) is 0.602. The first-order valence-electron chi connectivity index (χ1n) is 4.72. The van der Waals surface area contributed by atoms with E-state index in [9.17, 15) is 0 Å². The highest BCUT2D eigenvalue weighted by atomic mass is 35.5. The fraction of sp³-hybridized carbons (Fsp3) is 0.500. The number of nitrogens with one attached hydrogen (secondary N) is 1. The molecule has 0 aliphatic rings. The van der Waals surface area contributed by atoms with Crippen molar-refractivity contribution in [3.05, 3.63) is 30.1 Å². The van der Waals surface area contributed by atoms with E-state index in [1.54, 1.807) is 6.20 Å². The van der Waals surface area contributed by atoms with Gasteiger partial charge in [-0.05, 0) is 12.1 Å². The summed E-state index contributed by atoms with van der Waals surface area (Å²) in [5.74, 6) is 0. The second kappa shape index (κ2) is 9.86. The third-order valence-electron chi connectivity index (χ3n) is 1.69. The Kier molecular flexibility index (Phi) is 9.41. The van der Waals surface area contributed by atoms with Crippen LogP contribution < -0.4 is 5.32 Å². The summed E-state index contributed by atoms with van der Waals surface area (Å²) in [5.41, 5.74) is 1.02. The van der Waals surface area contributed by atoms with Crippen LogP contribution in [-0.2, 0) is 11.3 Å². The molecular weight excluding hydrogens is 216 g/mol. The zero-order valence-corrected chi connectivity index (χ0v) is 9.37. The molecule has 0 spiro atoms. The standard InChI is InChI=1S/C10H16N2O2.ClH/c13-6-8-14-7-5-11-9-10-3-1-2-4-12-10;/h1-4,11,13H,5-9H2;1H. The molecule has 0 amide bonds. The van der Waals surface area contributed by atoms with Crippen molar-refractivity contribution in [1.82, 2.24) is 10.3 Å². The second-order valence-corrected chi connectivity index (χ2v) is 2.83. The molecule has 0 aliphatic heterocycles. The third-order valence-corrected chi connectivity index (χ3v) is 1.69. The molecule has 1 heterocycles. The van der Waals surface area contributed by atoms with E-state index in [1.807, 2.05) is 18.2 Å². The van der Waals surface area contributed by atoms with Gasteiger partial charge in [-0.25, -0.2) is 0 Å². The summed E-state index contributed by atoms with van der Waals surface area (Å²) in [7, 11) is 0. The fourth-order valence-corrected chi connectivity index (χ4v) is 1.03. The normalized spacial score (nSPS) is 9.67. The number of hydrogen-bond acceptors (Lipinski definition) is 4. The Bertz CT molecular complexity index is 234. The Hall–Kier alpha value is -0.680. The highest BCUT2D eigenvalue weighted by Crippen LogP contribution is 1.91. The lowest BCUT2D eigenvalue weighted by Gasteiger charge is -2.04. The Balaban J connectivity index is 0.00000196. The number of ether oxygens (including phenoxy) is 1. The Morgan fingerprint density at radius 2 is 2.20 bits per heavy atom. The second-order valence-electron chi connectivity index (χ2n) is 2.83. The maximum absolute atomic E-state index is 8.45. The van der Waals surface area contributed by atoms with Gasteiger partial charge in [-0.1, -0.05) is 6.07 Å². The van der Waals surface area contributed by atoms with Gasteiger partial charge in [0.1, 0.15) is 0 Å². The number of hydrogen-bond donors (Lipinski definition) is 2. The molecule has 0 saturated heterocycles. The van der Waals surface area contributed by atoms with Crippen molar-refractivity contribution < 1.29 is 9.84 Å². The van der Waals surface area contributed by atoms with Crippen LogP contribution in [0.2, 0.25) is 0 Å². The highest BCUT2D eigenvalue weighted by Gasteiger charge is 1.91. The van der Waals surface area contributed by atoms with Gasteiger partial charge in [0.05, 0.1) is 25.5 Å². The van der Waals surface area contributed by atoms with Crippen LogP contribution in [0.25, 0.3) is 0 Å². The minimum absolute atomic E-state index is 0. The van der Waals surface area contributed by atoms with E-state index < -0.39 is 0 Å². The third kappa shape index (κ3) is 7.27. The average molecular weight is 233 g/mol. The van der Waals surface area contributed by atoms with E-state index in [4.69, 9.17) is 9.84 Å². The van der Waals surface area contributed by atoms with Crippen molar-refractivity contribution >= 4 is 12.4 Å². The summed E-state index contributed by atoms with van der Waals surface area (Å²) in [5, 5.41) is 11.6. The molecular formula is C10H17ClN2O2. The molecule has 1 aromatic heterocycles. The molecule has 1 rings (SSSR count). The minimum Gasteiger partial charge on any atom is -0.394 e.